The smallest absolute Gasteiger partial charge is 0.352 e. The minimum absolute atomic E-state index is 0.419. The zero-order chi connectivity index (χ0) is 14.0. The molecule has 0 spiro atoms. The van der Waals surface area contributed by atoms with Crippen LogP contribution in [0.3, 0.4) is 0 Å². The van der Waals surface area contributed by atoms with E-state index in [1.807, 2.05) is 0 Å². The van der Waals surface area contributed by atoms with Gasteiger partial charge in [-0.3, -0.25) is 0 Å². The van der Waals surface area contributed by atoms with Crippen molar-refractivity contribution in [2.24, 2.45) is 0 Å². The van der Waals surface area contributed by atoms with Crippen LogP contribution in [0.2, 0.25) is 0 Å². The van der Waals surface area contributed by atoms with Crippen LogP contribution >= 0.6 is 0 Å². The van der Waals surface area contributed by atoms with Crippen molar-refractivity contribution in [1.82, 2.24) is 13.9 Å². The Morgan fingerprint density at radius 2 is 1.40 bits per heavy atom. The molecule has 4 unspecified atom stereocenters. The lowest BCUT2D eigenvalue weighted by atomic mass is 10.2. The predicted molar refractivity (Wildman–Crippen MR) is 69.0 cm³/mol. The van der Waals surface area contributed by atoms with Gasteiger partial charge in [0.25, 0.3) is 0 Å². The van der Waals surface area contributed by atoms with Gasteiger partial charge in [-0.25, -0.2) is 23.5 Å². The largest absolute Gasteiger partial charge is 0.388 e. The molecule has 1 aromatic carbocycles. The number of nitrogens with zero attached hydrogens (tertiary/aromatic N) is 3. The molecule has 1 aliphatic heterocycles. The van der Waals surface area contributed by atoms with Gasteiger partial charge in [0.2, 0.25) is 0 Å². The Morgan fingerprint density at radius 3 is 1.90 bits per heavy atom. The summed E-state index contributed by atoms with van der Waals surface area (Å²) in [6, 6.07) is 7.58. The number of aliphatic hydroxyl groups is 2. The lowest BCUT2D eigenvalue weighted by Gasteiger charge is -2.24. The van der Waals surface area contributed by atoms with Crippen LogP contribution in [0.4, 0.5) is 0 Å². The Balaban J connectivity index is 2.00. The van der Waals surface area contributed by atoms with Crippen LogP contribution in [0.25, 0.3) is 5.69 Å². The Labute approximate surface area is 112 Å². The minimum atomic E-state index is -0.997. The first-order valence-corrected chi connectivity index (χ1v) is 6.49. The molecule has 2 aromatic rings. The third-order valence-electron chi connectivity index (χ3n) is 4.27. The first kappa shape index (κ1) is 11.7. The monoisotopic (exact) mass is 275 g/mol. The maximum atomic E-state index is 12.4. The van der Waals surface area contributed by atoms with Gasteiger partial charge >= 0.3 is 11.4 Å². The summed E-state index contributed by atoms with van der Waals surface area (Å²) in [5.41, 5.74) is -0.459. The average molecular weight is 275 g/mol. The van der Waals surface area contributed by atoms with Gasteiger partial charge in [-0.15, -0.1) is 0 Å². The van der Waals surface area contributed by atoms with Crippen molar-refractivity contribution in [3.8, 4) is 5.69 Å². The van der Waals surface area contributed by atoms with Gasteiger partial charge in [0.1, 0.15) is 12.2 Å². The van der Waals surface area contributed by atoms with E-state index in [1.165, 1.54) is 9.36 Å². The molecule has 4 atom stereocenters. The van der Waals surface area contributed by atoms with Gasteiger partial charge < -0.3 is 10.2 Å². The molecule has 1 saturated carbocycles. The topological polar surface area (TPSA) is 89.4 Å². The number of hydrogen-bond acceptors (Lipinski definition) is 4. The molecule has 2 aliphatic rings. The predicted octanol–water partition coefficient (Wildman–Crippen LogP) is -0.978. The summed E-state index contributed by atoms with van der Waals surface area (Å²) < 4.78 is 3.62. The van der Waals surface area contributed by atoms with Crippen LogP contribution in [0.1, 0.15) is 18.5 Å². The highest BCUT2D eigenvalue weighted by molar-refractivity contribution is 5.31. The highest BCUT2D eigenvalue weighted by Crippen LogP contribution is 2.42. The van der Waals surface area contributed by atoms with Gasteiger partial charge in [0.05, 0.1) is 17.8 Å². The van der Waals surface area contributed by atoms with E-state index in [2.05, 4.69) is 0 Å². The fraction of sp³-hybridized carbons (Fsp3) is 0.385. The van der Waals surface area contributed by atoms with E-state index in [9.17, 15) is 19.8 Å². The highest BCUT2D eigenvalue weighted by Gasteiger charge is 2.52. The second-order valence-corrected chi connectivity index (χ2v) is 5.28. The summed E-state index contributed by atoms with van der Waals surface area (Å²) in [6.07, 6.45) is -1.57. The maximum absolute atomic E-state index is 12.4. The van der Waals surface area contributed by atoms with Crippen LogP contribution < -0.4 is 11.4 Å². The molecule has 7 nitrogen and oxygen atoms in total. The van der Waals surface area contributed by atoms with Gasteiger partial charge in [0, 0.05) is 0 Å². The third-order valence-corrected chi connectivity index (χ3v) is 4.27. The van der Waals surface area contributed by atoms with Crippen LogP contribution in [-0.2, 0) is 0 Å². The lowest BCUT2D eigenvalue weighted by Crippen LogP contribution is -2.43. The molecular weight excluding hydrogens is 262 g/mol. The second kappa shape index (κ2) is 3.71. The molecule has 2 heterocycles. The molecule has 1 fully saturated rings. The quantitative estimate of drug-likeness (QED) is 0.700. The molecule has 4 rings (SSSR count). The van der Waals surface area contributed by atoms with Crippen molar-refractivity contribution < 1.29 is 10.2 Å². The summed E-state index contributed by atoms with van der Waals surface area (Å²) in [4.78, 5) is 24.9. The number of aromatic nitrogens is 3. The second-order valence-electron chi connectivity index (χ2n) is 5.28. The minimum Gasteiger partial charge on any atom is -0.388 e. The zero-order valence-electron chi connectivity index (χ0n) is 10.5. The summed E-state index contributed by atoms with van der Waals surface area (Å²) in [6.45, 7) is 0. The van der Waals surface area contributed by atoms with Crippen molar-refractivity contribution in [2.45, 2.75) is 30.7 Å². The molecule has 0 radical (unpaired) electrons. The summed E-state index contributed by atoms with van der Waals surface area (Å²) in [5.74, 6) is 0. The first-order valence-electron chi connectivity index (χ1n) is 6.49. The maximum Gasteiger partial charge on any atom is 0.352 e. The third kappa shape index (κ3) is 1.21. The van der Waals surface area contributed by atoms with Gasteiger partial charge in [0.15, 0.2) is 0 Å². The van der Waals surface area contributed by atoms with Gasteiger partial charge in [-0.2, -0.15) is 0 Å². The van der Waals surface area contributed by atoms with Gasteiger partial charge in [-0.05, 0) is 18.6 Å². The molecular formula is C13H13N3O4. The number of hydrogen-bond donors (Lipinski definition) is 2. The van der Waals surface area contributed by atoms with Crippen molar-refractivity contribution in [3.63, 3.8) is 0 Å². The Kier molecular flexibility index (Phi) is 2.17. The van der Waals surface area contributed by atoms with Crippen molar-refractivity contribution in [1.29, 1.82) is 0 Å². The lowest BCUT2D eigenvalue weighted by molar-refractivity contribution is -0.0203. The van der Waals surface area contributed by atoms with E-state index >= 15 is 0 Å². The first-order chi connectivity index (χ1) is 9.61. The summed E-state index contributed by atoms with van der Waals surface area (Å²) >= 11 is 0. The molecule has 0 saturated heterocycles. The van der Waals surface area contributed by atoms with Crippen molar-refractivity contribution in [2.75, 3.05) is 0 Å². The van der Waals surface area contributed by atoms with Crippen LogP contribution in [-0.4, -0.2) is 36.4 Å². The number of benzene rings is 1. The molecule has 0 amide bonds. The fourth-order valence-corrected chi connectivity index (χ4v) is 3.34. The number of rotatable bonds is 1. The van der Waals surface area contributed by atoms with Crippen LogP contribution in [0, 0.1) is 0 Å². The normalized spacial score (nSPS) is 30.7. The SMILES string of the molecule is O=c1n(-c2ccccc2)c(=O)n2n1C1CC2C(O)C1O. The summed E-state index contributed by atoms with van der Waals surface area (Å²) in [5, 5.41) is 19.8. The van der Waals surface area contributed by atoms with Gasteiger partial charge in [-0.1, -0.05) is 18.2 Å². The number of fused-ring (bicyclic) bond motifs is 5. The molecule has 2 bridgehead atoms. The number of aliphatic hydroxyl groups excluding tert-OH is 2. The Hall–Kier alpha value is -2.12. The Morgan fingerprint density at radius 1 is 0.900 bits per heavy atom. The van der Waals surface area contributed by atoms with E-state index in [0.717, 1.165) is 4.57 Å². The number of para-hydroxylation sites is 1. The molecule has 1 aliphatic carbocycles. The van der Waals surface area contributed by atoms with Crippen LogP contribution in [0.5, 0.6) is 0 Å². The molecule has 7 heteroatoms. The molecule has 1 aromatic heterocycles. The molecule has 104 valence electrons. The van der Waals surface area contributed by atoms with Crippen LogP contribution in [0.15, 0.2) is 39.9 Å². The molecule has 20 heavy (non-hydrogen) atoms. The van der Waals surface area contributed by atoms with E-state index < -0.39 is 35.7 Å². The zero-order valence-corrected chi connectivity index (χ0v) is 10.5. The standard InChI is InChI=1S/C13H13N3O4/c17-10-8-6-9(11(10)18)16-13(20)14(12(19)15(8)16)7-4-2-1-3-5-7/h1-5,8-11,17-18H,6H2. The Bertz CT molecular complexity index is 743. The van der Waals surface area contributed by atoms with Crippen molar-refractivity contribution in [3.05, 3.63) is 51.3 Å². The molecule has 2 N–H and O–H groups in total. The van der Waals surface area contributed by atoms with E-state index in [1.54, 1.807) is 30.3 Å². The van der Waals surface area contributed by atoms with E-state index in [0.29, 0.717) is 12.1 Å². The van der Waals surface area contributed by atoms with E-state index in [4.69, 9.17) is 0 Å². The average Bonchev–Trinajstić information content (AvgIpc) is 3.05. The fourth-order valence-electron chi connectivity index (χ4n) is 3.34. The van der Waals surface area contributed by atoms with Crippen molar-refractivity contribution >= 4 is 0 Å². The van der Waals surface area contributed by atoms with E-state index in [-0.39, 0.29) is 0 Å². The summed E-state index contributed by atoms with van der Waals surface area (Å²) in [7, 11) is 0. The highest BCUT2D eigenvalue weighted by atomic mass is 16.3.